The Labute approximate surface area is 576 Å². The molecule has 14 atom stereocenters. The average Bonchev–Trinajstić information content (AvgIpc) is 1.33. The predicted molar refractivity (Wildman–Crippen MR) is 370 cm³/mol. The number of ether oxygens (including phenoxy) is 1. The van der Waals surface area contributed by atoms with Crippen molar-refractivity contribution in [1.29, 1.82) is 0 Å². The standard InChI is InChI=1S/C69H120N12O14S/c1-24-26-27-44(15)57(82)56-61(86)72-48(25-2)63(88)81-37-47(95-69(94)80-28-30-96-31-29-80)36-53(81)66(91)74(18)50(33-39(5)6)60(85)73-54(42(11)12)67(92)75(19)49(32-38(3)4)59(84)70-45(16)58(83)71-46(17)62(87)76(20)51(34-40(7)8)64(89)77(21)52(35-41(9)10)65(90)78(22)55(43(13)14)68(93)79(56)23/h24,26,38-57,82H,25,27-37H2,1-23H3,(H,70,84)(H,71,83)(H,72,86)(H,73,85)/b26-24+/t44-,45+,46-,47?,48+,49+,50+,51+,52+,53-,54+,55+,56+,57-/m1/s1. The topological polar surface area (TPSA) is 308 Å². The van der Waals surface area contributed by atoms with Crippen molar-refractivity contribution in [3.63, 3.8) is 0 Å². The number of carbonyl (C=O) groups is 12. The van der Waals surface area contributed by atoms with Crippen LogP contribution in [0.1, 0.15) is 163 Å². The lowest BCUT2D eigenvalue weighted by molar-refractivity contribution is -0.157. The summed E-state index contributed by atoms with van der Waals surface area (Å²) >= 11 is 1.68. The maximum Gasteiger partial charge on any atom is 0.410 e. The normalized spacial score (nSPS) is 28.2. The number of rotatable bonds is 16. The molecule has 96 heavy (non-hydrogen) atoms. The number of hydrogen-bond acceptors (Lipinski definition) is 15. The molecule has 3 heterocycles. The fourth-order valence-electron chi connectivity index (χ4n) is 12.8. The third-order valence-corrected chi connectivity index (χ3v) is 19.6. The van der Waals surface area contributed by atoms with Crippen LogP contribution in [0.15, 0.2) is 12.2 Å². The van der Waals surface area contributed by atoms with Gasteiger partial charge in [-0.05, 0) is 101 Å². The van der Waals surface area contributed by atoms with E-state index in [0.717, 1.165) is 4.90 Å². The van der Waals surface area contributed by atoms with E-state index in [9.17, 15) is 33.9 Å². The van der Waals surface area contributed by atoms with Crippen LogP contribution in [0.4, 0.5) is 4.79 Å². The first kappa shape index (κ1) is 83.7. The van der Waals surface area contributed by atoms with Gasteiger partial charge in [0.05, 0.1) is 12.6 Å². The minimum absolute atomic E-state index is 0.0656. The second-order valence-electron chi connectivity index (χ2n) is 29.2. The summed E-state index contributed by atoms with van der Waals surface area (Å²) in [6.07, 6.45) is 0.831. The molecule has 1 unspecified atom stereocenters. The van der Waals surface area contributed by atoms with Crippen LogP contribution >= 0.6 is 11.8 Å². The van der Waals surface area contributed by atoms with Crippen LogP contribution in [-0.2, 0) is 57.5 Å². The lowest BCUT2D eigenvalue weighted by Gasteiger charge is -2.41. The summed E-state index contributed by atoms with van der Waals surface area (Å²) in [4.78, 5) is 189. The highest BCUT2D eigenvalue weighted by molar-refractivity contribution is 7.99. The van der Waals surface area contributed by atoms with Crippen molar-refractivity contribution in [2.45, 2.75) is 241 Å². The number of hydrogen-bond donors (Lipinski definition) is 5. The highest BCUT2D eigenvalue weighted by Gasteiger charge is 2.49. The van der Waals surface area contributed by atoms with Gasteiger partial charge in [-0.3, -0.25) is 52.7 Å². The van der Waals surface area contributed by atoms with E-state index >= 15 is 28.8 Å². The van der Waals surface area contributed by atoms with Gasteiger partial charge in [-0.15, -0.1) is 0 Å². The van der Waals surface area contributed by atoms with Crippen molar-refractivity contribution >= 4 is 82.8 Å². The molecule has 0 aromatic heterocycles. The Bertz CT molecular complexity index is 2720. The molecule has 0 aromatic carbocycles. The van der Waals surface area contributed by atoms with Gasteiger partial charge >= 0.3 is 6.09 Å². The zero-order valence-corrected chi connectivity index (χ0v) is 62.7. The molecule has 26 nitrogen and oxygen atoms in total. The van der Waals surface area contributed by atoms with Gasteiger partial charge in [0.25, 0.3) is 0 Å². The van der Waals surface area contributed by atoms with E-state index < -0.39 is 167 Å². The molecular weight excluding hydrogens is 1250 g/mol. The Morgan fingerprint density at radius 3 is 1.46 bits per heavy atom. The number of aliphatic hydroxyl groups is 1. The van der Waals surface area contributed by atoms with Crippen LogP contribution in [0.5, 0.6) is 0 Å². The van der Waals surface area contributed by atoms with Gasteiger partial charge in [-0.25, -0.2) is 4.79 Å². The number of nitrogens with zero attached hydrogens (tertiary/aromatic N) is 8. The smallest absolute Gasteiger partial charge is 0.410 e. The molecule has 27 heteroatoms. The Balaban J connectivity index is 2.41. The van der Waals surface area contributed by atoms with Crippen molar-refractivity contribution in [2.24, 2.45) is 41.4 Å². The highest BCUT2D eigenvalue weighted by Crippen LogP contribution is 2.29. The highest BCUT2D eigenvalue weighted by atomic mass is 32.2. The van der Waals surface area contributed by atoms with Crippen LogP contribution in [0, 0.1) is 41.4 Å². The van der Waals surface area contributed by atoms with Gasteiger partial charge < -0.3 is 70.3 Å². The molecule has 0 bridgehead atoms. The molecule has 3 saturated heterocycles. The summed E-state index contributed by atoms with van der Waals surface area (Å²) in [5.74, 6) is -9.07. The first-order valence-electron chi connectivity index (χ1n) is 34.6. The Morgan fingerprint density at radius 1 is 0.531 bits per heavy atom. The molecule has 12 amide bonds. The molecule has 0 saturated carbocycles. The molecule has 546 valence electrons. The quantitative estimate of drug-likeness (QED) is 0.137. The van der Waals surface area contributed by atoms with E-state index in [1.54, 1.807) is 77.3 Å². The number of nitrogens with one attached hydrogen (secondary N) is 4. The van der Waals surface area contributed by atoms with E-state index in [1.165, 1.54) is 85.5 Å². The maximum absolute atomic E-state index is 15.4. The maximum atomic E-state index is 15.4. The lowest BCUT2D eigenvalue weighted by Crippen LogP contribution is -2.64. The van der Waals surface area contributed by atoms with Crippen molar-refractivity contribution in [3.05, 3.63) is 12.2 Å². The van der Waals surface area contributed by atoms with E-state index in [2.05, 4.69) is 21.3 Å². The van der Waals surface area contributed by atoms with Crippen molar-refractivity contribution in [1.82, 2.24) is 60.5 Å². The summed E-state index contributed by atoms with van der Waals surface area (Å²) in [7, 11) is 8.51. The fourth-order valence-corrected chi connectivity index (χ4v) is 13.7. The van der Waals surface area contributed by atoms with E-state index in [0.29, 0.717) is 24.6 Å². The third kappa shape index (κ3) is 22.3. The molecule has 3 aliphatic heterocycles. The number of amides is 12. The van der Waals surface area contributed by atoms with E-state index in [1.807, 2.05) is 55.4 Å². The number of allylic oxidation sites excluding steroid dienone is 2. The molecule has 5 N–H and O–H groups in total. The van der Waals surface area contributed by atoms with Crippen LogP contribution in [0.2, 0.25) is 0 Å². The van der Waals surface area contributed by atoms with Crippen LogP contribution < -0.4 is 21.3 Å². The van der Waals surface area contributed by atoms with Gasteiger partial charge in [0.1, 0.15) is 72.6 Å². The molecule has 0 radical (unpaired) electrons. The Kier molecular flexibility index (Phi) is 33.1. The second kappa shape index (κ2) is 38.0. The minimum atomic E-state index is -1.69. The van der Waals surface area contributed by atoms with Crippen LogP contribution in [0.3, 0.4) is 0 Å². The van der Waals surface area contributed by atoms with Crippen molar-refractivity contribution < 1.29 is 67.4 Å². The van der Waals surface area contributed by atoms with Gasteiger partial charge in [-0.1, -0.05) is 109 Å². The summed E-state index contributed by atoms with van der Waals surface area (Å²) in [6, 6.07) is -14.3. The largest absolute Gasteiger partial charge is 0.444 e. The average molecular weight is 1370 g/mol. The SMILES string of the molecule is C/C=C/C[C@@H](C)[C@@H](O)[C@H]1C(=O)N[C@@H](CC)C(=O)N2CC(OC(=O)N3CCSCC3)C[C@@H]2C(=O)N(C)[C@@H](CC(C)C)C(=O)N[C@@H](C(C)C)C(=O)N(C)[C@@H](CC(C)C)C(=O)N[C@@H](C)C(=O)N[C@H](C)C(=O)N(C)[C@@H](CC(C)C)C(=O)N(C)[C@@H](CC(C)C)C(=O)N(C)[C@@H](C(C)C)C(=O)N1C. The third-order valence-electron chi connectivity index (χ3n) is 18.6. The molecule has 3 fully saturated rings. The number of carbonyl (C=O) groups excluding carboxylic acids is 12. The summed E-state index contributed by atoms with van der Waals surface area (Å²) in [5.41, 5.74) is 0. The van der Waals surface area contributed by atoms with E-state index in [-0.39, 0.29) is 75.2 Å². The zero-order valence-electron chi connectivity index (χ0n) is 61.9. The predicted octanol–water partition coefficient (Wildman–Crippen LogP) is 3.97. The van der Waals surface area contributed by atoms with Gasteiger partial charge in [0, 0.05) is 73.3 Å². The number of fused-ring (bicyclic) bond motifs is 1. The Hall–Kier alpha value is -6.51. The van der Waals surface area contributed by atoms with Crippen molar-refractivity contribution in [3.8, 4) is 0 Å². The van der Waals surface area contributed by atoms with Crippen molar-refractivity contribution in [2.75, 3.05) is 73.4 Å². The summed E-state index contributed by atoms with van der Waals surface area (Å²) in [5, 5.41) is 23.5. The van der Waals surface area contributed by atoms with E-state index in [4.69, 9.17) is 4.74 Å². The van der Waals surface area contributed by atoms with Gasteiger partial charge in [0.2, 0.25) is 65.0 Å². The van der Waals surface area contributed by atoms with Crippen LogP contribution in [-0.4, -0.2) is 267 Å². The van der Waals surface area contributed by atoms with Gasteiger partial charge in [-0.2, -0.15) is 11.8 Å². The minimum Gasteiger partial charge on any atom is -0.444 e. The zero-order chi connectivity index (χ0) is 73.2. The fraction of sp³-hybridized carbons (Fsp3) is 0.797. The van der Waals surface area contributed by atoms with Gasteiger partial charge in [0.15, 0.2) is 0 Å². The summed E-state index contributed by atoms with van der Waals surface area (Å²) in [6.45, 7) is 30.3. The number of aliphatic hydroxyl groups excluding tert-OH is 1. The van der Waals surface area contributed by atoms with Crippen LogP contribution in [0.25, 0.3) is 0 Å². The first-order chi connectivity index (χ1) is 44.7. The molecule has 3 aliphatic rings. The second-order valence-corrected chi connectivity index (χ2v) is 30.4. The molecule has 0 spiro atoms. The molecule has 0 aromatic rings. The number of likely N-dealkylation sites (N-methyl/N-ethyl adjacent to an activating group) is 6. The summed E-state index contributed by atoms with van der Waals surface area (Å²) < 4.78 is 6.06. The monoisotopic (exact) mass is 1370 g/mol. The molecular formula is C69H120N12O14S. The number of thioether (sulfide) groups is 1. The lowest BCUT2D eigenvalue weighted by atomic mass is 9.91. The molecule has 0 aliphatic carbocycles. The first-order valence-corrected chi connectivity index (χ1v) is 35.8. The molecule has 3 rings (SSSR count). The Morgan fingerprint density at radius 2 is 0.979 bits per heavy atom.